The van der Waals surface area contributed by atoms with Gasteiger partial charge >= 0.3 is 0 Å². The third-order valence-electron chi connectivity index (χ3n) is 7.34. The van der Waals surface area contributed by atoms with Crippen molar-refractivity contribution in [2.24, 2.45) is 0 Å². The molecule has 8 heteroatoms. The number of anilines is 1. The van der Waals surface area contributed by atoms with Gasteiger partial charge in [-0.05, 0) is 50.3 Å². The number of amides is 3. The molecule has 192 valence electrons. The zero-order valence-corrected chi connectivity index (χ0v) is 21.7. The van der Waals surface area contributed by atoms with Gasteiger partial charge in [-0.3, -0.25) is 19.3 Å². The molecule has 0 aliphatic carbocycles. The number of hydrogen-bond acceptors (Lipinski definition) is 6. The van der Waals surface area contributed by atoms with E-state index in [1.807, 2.05) is 48.2 Å². The molecule has 3 amide bonds. The summed E-state index contributed by atoms with van der Waals surface area (Å²) in [6, 6.07) is 15.5. The maximum absolute atomic E-state index is 13.8. The molecule has 0 bridgehead atoms. The molecule has 2 fully saturated rings. The van der Waals surface area contributed by atoms with E-state index in [0.29, 0.717) is 37.5 Å². The number of likely N-dealkylation sites (N-methyl/N-ethyl adjacent to an activating group) is 1. The Bertz CT molecular complexity index is 1130. The molecule has 2 aromatic carbocycles. The van der Waals surface area contributed by atoms with Crippen molar-refractivity contribution in [1.82, 2.24) is 14.7 Å². The van der Waals surface area contributed by atoms with Crippen molar-refractivity contribution in [3.63, 3.8) is 0 Å². The van der Waals surface area contributed by atoms with E-state index in [-0.39, 0.29) is 30.6 Å². The van der Waals surface area contributed by atoms with Crippen LogP contribution in [0.4, 0.5) is 5.69 Å². The topological polar surface area (TPSA) is 73.4 Å². The molecule has 0 N–H and O–H groups in total. The van der Waals surface area contributed by atoms with E-state index in [1.54, 1.807) is 19.2 Å². The Morgan fingerprint density at radius 3 is 2.42 bits per heavy atom. The number of nitrogens with zero attached hydrogens (tertiary/aromatic N) is 4. The van der Waals surface area contributed by atoms with Crippen molar-refractivity contribution >= 4 is 23.4 Å². The van der Waals surface area contributed by atoms with Crippen LogP contribution in [0.5, 0.6) is 5.75 Å². The van der Waals surface area contributed by atoms with Gasteiger partial charge in [0.2, 0.25) is 17.7 Å². The number of rotatable bonds is 8. The van der Waals surface area contributed by atoms with Crippen molar-refractivity contribution < 1.29 is 19.1 Å². The van der Waals surface area contributed by atoms with E-state index in [9.17, 15) is 14.4 Å². The first-order valence-electron chi connectivity index (χ1n) is 12.5. The van der Waals surface area contributed by atoms with Gasteiger partial charge in [0.1, 0.15) is 5.75 Å². The number of aryl methyl sites for hydroxylation is 1. The Balaban J connectivity index is 1.55. The fraction of sp³-hybridized carbons (Fsp3) is 0.464. The van der Waals surface area contributed by atoms with Gasteiger partial charge in [-0.2, -0.15) is 0 Å². The highest BCUT2D eigenvalue weighted by atomic mass is 16.5. The lowest BCUT2D eigenvalue weighted by Gasteiger charge is -2.38. The third-order valence-corrected chi connectivity index (χ3v) is 7.34. The molecule has 0 saturated carbocycles. The predicted molar refractivity (Wildman–Crippen MR) is 139 cm³/mol. The molecular weight excluding hydrogens is 456 g/mol. The van der Waals surface area contributed by atoms with Crippen molar-refractivity contribution in [2.75, 3.05) is 65.4 Å². The van der Waals surface area contributed by atoms with E-state index in [4.69, 9.17) is 4.74 Å². The van der Waals surface area contributed by atoms with Crippen molar-refractivity contribution in [2.45, 2.75) is 25.2 Å². The average Bonchev–Trinajstić information content (AvgIpc) is 3.12. The Morgan fingerprint density at radius 2 is 1.75 bits per heavy atom. The summed E-state index contributed by atoms with van der Waals surface area (Å²) in [5.41, 5.74) is 1.83. The number of hydrogen-bond donors (Lipinski definition) is 0. The molecule has 0 aromatic heterocycles. The van der Waals surface area contributed by atoms with E-state index in [2.05, 4.69) is 24.0 Å². The number of piperazine rings is 1. The molecule has 8 nitrogen and oxygen atoms in total. The Hall–Kier alpha value is -3.39. The lowest BCUT2D eigenvalue weighted by molar-refractivity contribution is -0.142. The largest absolute Gasteiger partial charge is 0.497 e. The summed E-state index contributed by atoms with van der Waals surface area (Å²) < 4.78 is 5.39. The van der Waals surface area contributed by atoms with Crippen LogP contribution in [0.1, 0.15) is 24.0 Å². The third kappa shape index (κ3) is 5.09. The number of likely N-dealkylation sites (tertiary alicyclic amines) is 1. The number of benzene rings is 2. The van der Waals surface area contributed by atoms with Crippen molar-refractivity contribution in [3.8, 4) is 5.75 Å². The Kier molecular flexibility index (Phi) is 7.64. The van der Waals surface area contributed by atoms with E-state index in [0.717, 1.165) is 13.1 Å². The highest BCUT2D eigenvalue weighted by Crippen LogP contribution is 2.41. The number of para-hydroxylation sites is 1. The average molecular weight is 493 g/mol. The van der Waals surface area contributed by atoms with Gasteiger partial charge in [0.05, 0.1) is 12.5 Å². The highest BCUT2D eigenvalue weighted by molar-refractivity contribution is 6.10. The fourth-order valence-electron chi connectivity index (χ4n) is 5.20. The van der Waals surface area contributed by atoms with Crippen LogP contribution in [-0.2, 0) is 19.8 Å². The summed E-state index contributed by atoms with van der Waals surface area (Å²) in [7, 11) is 5.37. The molecule has 2 aromatic rings. The van der Waals surface area contributed by atoms with Crippen LogP contribution in [0, 0.1) is 6.92 Å². The van der Waals surface area contributed by atoms with Crippen LogP contribution >= 0.6 is 0 Å². The van der Waals surface area contributed by atoms with Crippen LogP contribution in [-0.4, -0.2) is 92.9 Å². The highest BCUT2D eigenvalue weighted by Gasteiger charge is 2.54. The summed E-state index contributed by atoms with van der Waals surface area (Å²) in [4.78, 5) is 47.9. The molecule has 36 heavy (non-hydrogen) atoms. The summed E-state index contributed by atoms with van der Waals surface area (Å²) in [6.45, 7) is 5.58. The molecule has 1 atom stereocenters. The van der Waals surface area contributed by atoms with Gasteiger partial charge in [0.15, 0.2) is 0 Å². The molecular formula is C28H36N4O4. The van der Waals surface area contributed by atoms with Crippen LogP contribution in [0.2, 0.25) is 0 Å². The minimum atomic E-state index is -1.22. The molecule has 2 aliphatic rings. The second-order valence-electron chi connectivity index (χ2n) is 9.98. The number of carbonyl (C=O) groups is 3. The lowest BCUT2D eigenvalue weighted by Crippen LogP contribution is -2.51. The minimum absolute atomic E-state index is 0.0126. The van der Waals surface area contributed by atoms with E-state index >= 15 is 0 Å². The first-order chi connectivity index (χ1) is 17.2. The molecule has 0 spiro atoms. The number of methoxy groups -OCH3 is 1. The summed E-state index contributed by atoms with van der Waals surface area (Å²) >= 11 is 0. The first kappa shape index (κ1) is 25.7. The lowest BCUT2D eigenvalue weighted by atomic mass is 9.75. The monoisotopic (exact) mass is 492 g/mol. The smallest absolute Gasteiger partial charge is 0.240 e. The summed E-state index contributed by atoms with van der Waals surface area (Å²) in [6.07, 6.45) is -0.0467. The number of ether oxygens (including phenoxy) is 1. The first-order valence-corrected chi connectivity index (χ1v) is 12.5. The number of carbonyl (C=O) groups excluding carboxylic acids is 3. The quantitative estimate of drug-likeness (QED) is 0.527. The normalized spacial score (nSPS) is 20.4. The summed E-state index contributed by atoms with van der Waals surface area (Å²) in [5.74, 6) is -0.0348. The predicted octanol–water partition coefficient (Wildman–Crippen LogP) is 2.30. The maximum Gasteiger partial charge on any atom is 0.240 e. The van der Waals surface area contributed by atoms with Gasteiger partial charge in [0, 0.05) is 57.8 Å². The Morgan fingerprint density at radius 1 is 1.03 bits per heavy atom. The van der Waals surface area contributed by atoms with E-state index in [1.165, 1.54) is 16.2 Å². The molecule has 4 rings (SSSR count). The van der Waals surface area contributed by atoms with Gasteiger partial charge in [-0.25, -0.2) is 0 Å². The van der Waals surface area contributed by atoms with Crippen LogP contribution in [0.25, 0.3) is 0 Å². The number of imide groups is 1. The van der Waals surface area contributed by atoms with Gasteiger partial charge in [0.25, 0.3) is 0 Å². The van der Waals surface area contributed by atoms with Crippen molar-refractivity contribution in [1.29, 1.82) is 0 Å². The van der Waals surface area contributed by atoms with Crippen molar-refractivity contribution in [3.05, 3.63) is 59.7 Å². The maximum atomic E-state index is 13.8. The standard InChI is InChI=1S/C28H36N4O4/c1-21-8-5-6-11-24(21)30-13-15-31(16-14-30)25(33)19-28(22-9-7-10-23(18-22)36-4)20-26(34)32(27(28)35)17-12-29(2)3/h5-11,18H,12-17,19-20H2,1-4H3/t28-/m1/s1. The van der Waals surface area contributed by atoms with Gasteiger partial charge < -0.3 is 19.4 Å². The van der Waals surface area contributed by atoms with Gasteiger partial charge in [-0.1, -0.05) is 30.3 Å². The van der Waals surface area contributed by atoms with Crippen LogP contribution in [0.15, 0.2) is 48.5 Å². The zero-order chi connectivity index (χ0) is 25.9. The van der Waals surface area contributed by atoms with Crippen LogP contribution < -0.4 is 9.64 Å². The molecule has 2 aliphatic heterocycles. The van der Waals surface area contributed by atoms with Gasteiger partial charge in [-0.15, -0.1) is 0 Å². The fourth-order valence-corrected chi connectivity index (χ4v) is 5.20. The second-order valence-corrected chi connectivity index (χ2v) is 9.98. The minimum Gasteiger partial charge on any atom is -0.497 e. The molecule has 2 heterocycles. The van der Waals surface area contributed by atoms with Crippen LogP contribution in [0.3, 0.4) is 0 Å². The zero-order valence-electron chi connectivity index (χ0n) is 21.7. The molecule has 0 radical (unpaired) electrons. The summed E-state index contributed by atoms with van der Waals surface area (Å²) in [5, 5.41) is 0. The van der Waals surface area contributed by atoms with E-state index < -0.39 is 5.41 Å². The molecule has 2 saturated heterocycles. The SMILES string of the molecule is COc1cccc([C@@]2(CC(=O)N3CCN(c4ccccc4C)CC3)CC(=O)N(CCN(C)C)C2=O)c1. The Labute approximate surface area is 213 Å². The second kappa shape index (κ2) is 10.7. The molecule has 0 unspecified atom stereocenters.